The topological polar surface area (TPSA) is 96.5 Å². The van der Waals surface area contributed by atoms with Gasteiger partial charge in [0.1, 0.15) is 17.5 Å². The van der Waals surface area contributed by atoms with Crippen LogP contribution in [0.3, 0.4) is 0 Å². The van der Waals surface area contributed by atoms with Crippen LogP contribution in [0.15, 0.2) is 6.07 Å². The molecule has 0 bridgehead atoms. The van der Waals surface area contributed by atoms with Gasteiger partial charge in [-0.05, 0) is 13.8 Å². The average molecular weight is 295 g/mol. The number of nitrogens with zero attached hydrogens (tertiary/aromatic N) is 3. The van der Waals surface area contributed by atoms with Crippen LogP contribution < -0.4 is 16.2 Å². The van der Waals surface area contributed by atoms with E-state index in [1.54, 1.807) is 0 Å². The van der Waals surface area contributed by atoms with E-state index >= 15 is 0 Å². The first-order valence-corrected chi connectivity index (χ1v) is 7.24. The van der Waals surface area contributed by atoms with Crippen molar-refractivity contribution in [2.45, 2.75) is 45.3 Å². The van der Waals surface area contributed by atoms with E-state index in [0.29, 0.717) is 18.9 Å². The van der Waals surface area contributed by atoms with Crippen LogP contribution in [-0.2, 0) is 4.74 Å². The Labute approximate surface area is 125 Å². The lowest BCUT2D eigenvalue weighted by molar-refractivity contribution is -0.101. The number of aliphatic hydroxyl groups excluding tert-OH is 1. The molecule has 1 aliphatic rings. The second-order valence-electron chi connectivity index (χ2n) is 6.33. The quantitative estimate of drug-likeness (QED) is 0.560. The van der Waals surface area contributed by atoms with Crippen molar-refractivity contribution in [2.24, 2.45) is 5.84 Å². The van der Waals surface area contributed by atoms with Crippen LogP contribution in [0.1, 0.15) is 39.4 Å². The Morgan fingerprint density at radius 1 is 1.52 bits per heavy atom. The van der Waals surface area contributed by atoms with Gasteiger partial charge in [-0.2, -0.15) is 0 Å². The number of rotatable bonds is 4. The molecular weight excluding hydrogens is 270 g/mol. The molecule has 1 aromatic rings. The summed E-state index contributed by atoms with van der Waals surface area (Å²) in [5, 5.41) is 9.41. The van der Waals surface area contributed by atoms with Crippen molar-refractivity contribution < 1.29 is 9.84 Å². The molecule has 0 spiro atoms. The Kier molecular flexibility index (Phi) is 4.65. The predicted molar refractivity (Wildman–Crippen MR) is 82.2 cm³/mol. The van der Waals surface area contributed by atoms with Gasteiger partial charge in [0.25, 0.3) is 0 Å². The first-order valence-electron chi connectivity index (χ1n) is 7.24. The van der Waals surface area contributed by atoms with Gasteiger partial charge in [0, 0.05) is 25.1 Å². The largest absolute Gasteiger partial charge is 0.394 e. The highest BCUT2D eigenvalue weighted by Gasteiger charge is 2.34. The zero-order chi connectivity index (χ0) is 15.6. The molecule has 2 heterocycles. The Morgan fingerprint density at radius 3 is 2.81 bits per heavy atom. The third-order valence-corrected chi connectivity index (χ3v) is 3.40. The number of aliphatic hydroxyl groups is 1. The van der Waals surface area contributed by atoms with Crippen molar-refractivity contribution in [1.29, 1.82) is 0 Å². The van der Waals surface area contributed by atoms with E-state index in [1.807, 2.05) is 33.8 Å². The standard InChI is InChI=1S/C14H25N5O2/c1-9(2)13-16-11(18-15)5-12(17-13)19-6-10(7-20)21-14(3,4)8-19/h5,9-10,20H,6-8,15H2,1-4H3,(H,16,17,18). The summed E-state index contributed by atoms with van der Waals surface area (Å²) >= 11 is 0. The zero-order valence-electron chi connectivity index (χ0n) is 13.1. The second kappa shape index (κ2) is 6.13. The van der Waals surface area contributed by atoms with E-state index in [2.05, 4.69) is 20.3 Å². The van der Waals surface area contributed by atoms with Gasteiger partial charge in [-0.1, -0.05) is 13.8 Å². The summed E-state index contributed by atoms with van der Waals surface area (Å²) < 4.78 is 5.83. The van der Waals surface area contributed by atoms with E-state index in [0.717, 1.165) is 11.6 Å². The molecule has 0 radical (unpaired) electrons. The fourth-order valence-corrected chi connectivity index (χ4v) is 2.51. The molecule has 7 heteroatoms. The van der Waals surface area contributed by atoms with Gasteiger partial charge in [0.05, 0.1) is 18.3 Å². The highest BCUT2D eigenvalue weighted by molar-refractivity contribution is 5.50. The highest BCUT2D eigenvalue weighted by Crippen LogP contribution is 2.27. The van der Waals surface area contributed by atoms with Gasteiger partial charge in [0.2, 0.25) is 0 Å². The van der Waals surface area contributed by atoms with Crippen molar-refractivity contribution >= 4 is 11.6 Å². The summed E-state index contributed by atoms with van der Waals surface area (Å²) in [5.41, 5.74) is 2.25. The maximum absolute atomic E-state index is 9.41. The van der Waals surface area contributed by atoms with E-state index in [9.17, 15) is 5.11 Å². The Balaban J connectivity index is 2.33. The summed E-state index contributed by atoms with van der Waals surface area (Å²) in [7, 11) is 0. The molecule has 1 aromatic heterocycles. The average Bonchev–Trinajstić information content (AvgIpc) is 2.44. The summed E-state index contributed by atoms with van der Waals surface area (Å²) in [5.74, 6) is 7.84. The van der Waals surface area contributed by atoms with Gasteiger partial charge in [0.15, 0.2) is 0 Å². The number of ether oxygens (including phenoxy) is 1. The predicted octanol–water partition coefficient (Wildman–Crippen LogP) is 0.862. The van der Waals surface area contributed by atoms with E-state index < -0.39 is 0 Å². The Hall–Kier alpha value is -1.44. The monoisotopic (exact) mass is 295 g/mol. The minimum Gasteiger partial charge on any atom is -0.394 e. The van der Waals surface area contributed by atoms with Crippen LogP contribution in [0.5, 0.6) is 0 Å². The smallest absolute Gasteiger partial charge is 0.145 e. The van der Waals surface area contributed by atoms with Crippen molar-refractivity contribution in [3.05, 3.63) is 11.9 Å². The number of anilines is 2. The fourth-order valence-electron chi connectivity index (χ4n) is 2.51. The molecule has 1 unspecified atom stereocenters. The summed E-state index contributed by atoms with van der Waals surface area (Å²) in [4.78, 5) is 11.1. The minimum absolute atomic E-state index is 0.00987. The molecule has 1 atom stereocenters. The number of nitrogens with two attached hydrogens (primary N) is 1. The Bertz CT molecular complexity index is 492. The first kappa shape index (κ1) is 15.9. The van der Waals surface area contributed by atoms with Crippen molar-refractivity contribution in [3.63, 3.8) is 0 Å². The molecule has 0 aliphatic carbocycles. The van der Waals surface area contributed by atoms with Gasteiger partial charge >= 0.3 is 0 Å². The number of nitrogen functional groups attached to an aromatic ring is 1. The van der Waals surface area contributed by atoms with Gasteiger partial charge in [-0.15, -0.1) is 0 Å². The van der Waals surface area contributed by atoms with Gasteiger partial charge in [-0.25, -0.2) is 15.8 Å². The molecule has 0 saturated carbocycles. The lowest BCUT2D eigenvalue weighted by atomic mass is 10.1. The number of hydrazine groups is 1. The van der Waals surface area contributed by atoms with Crippen LogP contribution in [0.2, 0.25) is 0 Å². The normalized spacial score (nSPS) is 21.7. The van der Waals surface area contributed by atoms with Crippen molar-refractivity contribution in [2.75, 3.05) is 30.0 Å². The van der Waals surface area contributed by atoms with E-state index in [1.165, 1.54) is 0 Å². The summed E-state index contributed by atoms with van der Waals surface area (Å²) in [6.07, 6.45) is -0.222. The molecule has 7 nitrogen and oxygen atoms in total. The van der Waals surface area contributed by atoms with Crippen LogP contribution in [0, 0.1) is 0 Å². The number of morpholine rings is 1. The number of hydrogen-bond acceptors (Lipinski definition) is 7. The van der Waals surface area contributed by atoms with Crippen LogP contribution >= 0.6 is 0 Å². The third kappa shape index (κ3) is 3.81. The van der Waals surface area contributed by atoms with E-state index in [-0.39, 0.29) is 24.2 Å². The van der Waals surface area contributed by atoms with Crippen LogP contribution in [0.25, 0.3) is 0 Å². The lowest BCUT2D eigenvalue weighted by Gasteiger charge is -2.43. The summed E-state index contributed by atoms with van der Waals surface area (Å²) in [6, 6.07) is 1.82. The Morgan fingerprint density at radius 2 is 2.24 bits per heavy atom. The molecule has 1 fully saturated rings. The molecule has 118 valence electrons. The number of hydrogen-bond donors (Lipinski definition) is 3. The van der Waals surface area contributed by atoms with Crippen LogP contribution in [-0.4, -0.2) is 46.5 Å². The third-order valence-electron chi connectivity index (χ3n) is 3.40. The molecular formula is C14H25N5O2. The van der Waals surface area contributed by atoms with Crippen molar-refractivity contribution in [3.8, 4) is 0 Å². The minimum atomic E-state index is -0.342. The maximum atomic E-state index is 9.41. The van der Waals surface area contributed by atoms with Crippen LogP contribution in [0.4, 0.5) is 11.6 Å². The van der Waals surface area contributed by atoms with Gasteiger partial charge in [-0.3, -0.25) is 0 Å². The second-order valence-corrected chi connectivity index (χ2v) is 6.33. The van der Waals surface area contributed by atoms with Gasteiger partial charge < -0.3 is 20.2 Å². The van der Waals surface area contributed by atoms with Crippen molar-refractivity contribution in [1.82, 2.24) is 9.97 Å². The first-order chi connectivity index (χ1) is 9.84. The molecule has 1 aliphatic heterocycles. The molecule has 4 N–H and O–H groups in total. The fraction of sp³-hybridized carbons (Fsp3) is 0.714. The zero-order valence-corrected chi connectivity index (χ0v) is 13.1. The molecule has 21 heavy (non-hydrogen) atoms. The lowest BCUT2D eigenvalue weighted by Crippen LogP contribution is -2.54. The summed E-state index contributed by atoms with van der Waals surface area (Å²) in [6.45, 7) is 9.38. The maximum Gasteiger partial charge on any atom is 0.145 e. The number of aromatic nitrogens is 2. The molecule has 0 amide bonds. The SMILES string of the molecule is CC(C)c1nc(NN)cc(N2CC(CO)OC(C)(C)C2)n1. The molecule has 1 saturated heterocycles. The molecule has 2 rings (SSSR count). The van der Waals surface area contributed by atoms with E-state index in [4.69, 9.17) is 10.6 Å². The molecule has 0 aromatic carbocycles. The number of nitrogens with one attached hydrogen (secondary N) is 1. The highest BCUT2D eigenvalue weighted by atomic mass is 16.5.